The minimum absolute atomic E-state index is 0.0373. The molecule has 2 heterocycles. The molecule has 0 bridgehead atoms. The van der Waals surface area contributed by atoms with E-state index in [2.05, 4.69) is 0 Å². The van der Waals surface area contributed by atoms with Gasteiger partial charge in [-0.05, 0) is 25.8 Å². The number of Topliss-reactive ketones (excluding diaryl/α,β-unsaturated/α-hetero) is 1. The number of rotatable bonds is 4. The minimum atomic E-state index is -0.106. The number of likely N-dealkylation sites (tertiary alicyclic amines) is 1. The van der Waals surface area contributed by atoms with Gasteiger partial charge in [0.25, 0.3) is 5.91 Å². The monoisotopic (exact) mass is 297 g/mol. The van der Waals surface area contributed by atoms with Gasteiger partial charge in [0.05, 0.1) is 6.26 Å². The molecular weight excluding hydrogens is 278 g/mol. The zero-order chi connectivity index (χ0) is 15.5. The van der Waals surface area contributed by atoms with E-state index in [1.807, 2.05) is 37.3 Å². The normalized spacial score (nSPS) is 17.7. The summed E-state index contributed by atoms with van der Waals surface area (Å²) in [5.74, 6) is 0.367. The van der Waals surface area contributed by atoms with E-state index in [1.54, 1.807) is 11.0 Å². The van der Waals surface area contributed by atoms with Crippen molar-refractivity contribution >= 4 is 11.7 Å². The lowest BCUT2D eigenvalue weighted by molar-refractivity contribution is 0.0686. The molecule has 114 valence electrons. The van der Waals surface area contributed by atoms with Gasteiger partial charge >= 0.3 is 0 Å². The SMILES string of the molecule is Cc1ccoc1C(=O)N1CCC[C@H]1CC(=O)c1ccccc1. The van der Waals surface area contributed by atoms with Crippen LogP contribution in [0.3, 0.4) is 0 Å². The lowest BCUT2D eigenvalue weighted by Gasteiger charge is -2.23. The first-order valence-corrected chi connectivity index (χ1v) is 7.60. The highest BCUT2D eigenvalue weighted by Crippen LogP contribution is 2.25. The summed E-state index contributed by atoms with van der Waals surface area (Å²) >= 11 is 0. The predicted octanol–water partition coefficient (Wildman–Crippen LogP) is 3.47. The van der Waals surface area contributed by atoms with Gasteiger partial charge in [-0.2, -0.15) is 0 Å². The smallest absolute Gasteiger partial charge is 0.290 e. The van der Waals surface area contributed by atoms with Crippen LogP contribution in [0.15, 0.2) is 47.1 Å². The van der Waals surface area contributed by atoms with Crippen LogP contribution >= 0.6 is 0 Å². The Hall–Kier alpha value is -2.36. The van der Waals surface area contributed by atoms with E-state index in [4.69, 9.17) is 4.42 Å². The van der Waals surface area contributed by atoms with Crippen LogP contribution in [0.1, 0.15) is 45.7 Å². The number of carbonyl (C=O) groups is 2. The van der Waals surface area contributed by atoms with E-state index in [-0.39, 0.29) is 17.7 Å². The van der Waals surface area contributed by atoms with Crippen molar-refractivity contribution in [3.63, 3.8) is 0 Å². The number of furan rings is 1. The van der Waals surface area contributed by atoms with Crippen molar-refractivity contribution in [3.05, 3.63) is 59.5 Å². The van der Waals surface area contributed by atoms with E-state index in [0.717, 1.165) is 18.4 Å². The van der Waals surface area contributed by atoms with Gasteiger partial charge in [0, 0.05) is 30.1 Å². The van der Waals surface area contributed by atoms with Crippen molar-refractivity contribution in [2.45, 2.75) is 32.2 Å². The Morgan fingerprint density at radius 1 is 1.23 bits per heavy atom. The number of hydrogen-bond donors (Lipinski definition) is 0. The fraction of sp³-hybridized carbons (Fsp3) is 0.333. The van der Waals surface area contributed by atoms with Crippen LogP contribution in [0.5, 0.6) is 0 Å². The molecule has 1 aliphatic rings. The number of carbonyl (C=O) groups excluding carboxylic acids is 2. The molecule has 0 radical (unpaired) electrons. The summed E-state index contributed by atoms with van der Waals surface area (Å²) < 4.78 is 5.30. The molecular formula is C18H19NO3. The maximum Gasteiger partial charge on any atom is 0.290 e. The van der Waals surface area contributed by atoms with Crippen LogP contribution in [0.2, 0.25) is 0 Å². The Morgan fingerprint density at radius 3 is 2.68 bits per heavy atom. The second-order valence-electron chi connectivity index (χ2n) is 5.72. The molecule has 1 atom stereocenters. The third-order valence-electron chi connectivity index (χ3n) is 4.21. The molecule has 3 rings (SSSR count). The molecule has 1 amide bonds. The number of nitrogens with zero attached hydrogens (tertiary/aromatic N) is 1. The Labute approximate surface area is 129 Å². The van der Waals surface area contributed by atoms with Crippen LogP contribution in [0.25, 0.3) is 0 Å². The molecule has 0 saturated carbocycles. The van der Waals surface area contributed by atoms with E-state index in [1.165, 1.54) is 6.26 Å². The van der Waals surface area contributed by atoms with E-state index < -0.39 is 0 Å². The number of hydrogen-bond acceptors (Lipinski definition) is 3. The fourth-order valence-corrected chi connectivity index (χ4v) is 2.99. The molecule has 1 fully saturated rings. The van der Waals surface area contributed by atoms with Gasteiger partial charge in [0.15, 0.2) is 11.5 Å². The molecule has 0 aliphatic carbocycles. The van der Waals surface area contributed by atoms with Gasteiger partial charge in [-0.3, -0.25) is 9.59 Å². The van der Waals surface area contributed by atoms with Crippen molar-refractivity contribution in [1.82, 2.24) is 4.90 Å². The van der Waals surface area contributed by atoms with Crippen molar-refractivity contribution in [2.24, 2.45) is 0 Å². The van der Waals surface area contributed by atoms with Gasteiger partial charge in [0.1, 0.15) is 0 Å². The molecule has 2 aromatic rings. The van der Waals surface area contributed by atoms with Crippen LogP contribution in [0.4, 0.5) is 0 Å². The van der Waals surface area contributed by atoms with Crippen LogP contribution < -0.4 is 0 Å². The second-order valence-corrected chi connectivity index (χ2v) is 5.72. The summed E-state index contributed by atoms with van der Waals surface area (Å²) in [6.07, 6.45) is 3.70. The van der Waals surface area contributed by atoms with E-state index in [0.29, 0.717) is 24.3 Å². The highest BCUT2D eigenvalue weighted by atomic mass is 16.3. The summed E-state index contributed by atoms with van der Waals surface area (Å²) in [4.78, 5) is 26.7. The second kappa shape index (κ2) is 6.18. The number of ketones is 1. The number of aryl methyl sites for hydroxylation is 1. The lowest BCUT2D eigenvalue weighted by atomic mass is 10.0. The maximum absolute atomic E-state index is 12.6. The van der Waals surface area contributed by atoms with Crippen LogP contribution in [-0.4, -0.2) is 29.2 Å². The average Bonchev–Trinajstić information content (AvgIpc) is 3.16. The Morgan fingerprint density at radius 2 is 2.00 bits per heavy atom. The van der Waals surface area contributed by atoms with Gasteiger partial charge in [-0.25, -0.2) is 0 Å². The quantitative estimate of drug-likeness (QED) is 0.812. The summed E-state index contributed by atoms with van der Waals surface area (Å²) in [6, 6.07) is 11.0. The standard InChI is InChI=1S/C18H19NO3/c1-13-9-11-22-17(13)18(21)19-10-5-8-15(19)12-16(20)14-6-3-2-4-7-14/h2-4,6-7,9,11,15H,5,8,10,12H2,1H3/t15-/m0/s1. The molecule has 4 heteroatoms. The van der Waals surface area contributed by atoms with Crippen molar-refractivity contribution in [1.29, 1.82) is 0 Å². The van der Waals surface area contributed by atoms with E-state index >= 15 is 0 Å². The Balaban J connectivity index is 1.72. The first-order chi connectivity index (χ1) is 10.7. The molecule has 0 N–H and O–H groups in total. The molecule has 4 nitrogen and oxygen atoms in total. The van der Waals surface area contributed by atoms with Crippen LogP contribution in [0, 0.1) is 6.92 Å². The average molecular weight is 297 g/mol. The third-order valence-corrected chi connectivity index (χ3v) is 4.21. The first kappa shape index (κ1) is 14.6. The molecule has 1 saturated heterocycles. The van der Waals surface area contributed by atoms with Crippen molar-refractivity contribution in [2.75, 3.05) is 6.54 Å². The Bertz CT molecular complexity index is 675. The summed E-state index contributed by atoms with van der Waals surface area (Å²) in [5.41, 5.74) is 1.54. The molecule has 0 unspecified atom stereocenters. The third kappa shape index (κ3) is 2.82. The van der Waals surface area contributed by atoms with Gasteiger partial charge in [0.2, 0.25) is 0 Å². The predicted molar refractivity (Wildman–Crippen MR) is 82.9 cm³/mol. The molecule has 1 aliphatic heterocycles. The number of benzene rings is 1. The topological polar surface area (TPSA) is 50.5 Å². The van der Waals surface area contributed by atoms with Crippen LogP contribution in [-0.2, 0) is 0 Å². The lowest BCUT2D eigenvalue weighted by Crippen LogP contribution is -2.37. The minimum Gasteiger partial charge on any atom is -0.459 e. The van der Waals surface area contributed by atoms with Gasteiger partial charge in [-0.15, -0.1) is 0 Å². The van der Waals surface area contributed by atoms with Crippen molar-refractivity contribution < 1.29 is 14.0 Å². The molecule has 1 aromatic heterocycles. The number of amides is 1. The van der Waals surface area contributed by atoms with Gasteiger partial charge in [-0.1, -0.05) is 30.3 Å². The summed E-state index contributed by atoms with van der Waals surface area (Å²) in [5, 5.41) is 0. The Kier molecular flexibility index (Phi) is 4.09. The summed E-state index contributed by atoms with van der Waals surface area (Å²) in [6.45, 7) is 2.54. The zero-order valence-electron chi connectivity index (χ0n) is 12.6. The largest absolute Gasteiger partial charge is 0.459 e. The highest BCUT2D eigenvalue weighted by molar-refractivity contribution is 5.97. The highest BCUT2D eigenvalue weighted by Gasteiger charge is 2.32. The molecule has 1 aromatic carbocycles. The maximum atomic E-state index is 12.6. The first-order valence-electron chi connectivity index (χ1n) is 7.60. The van der Waals surface area contributed by atoms with E-state index in [9.17, 15) is 9.59 Å². The molecule has 22 heavy (non-hydrogen) atoms. The van der Waals surface area contributed by atoms with Gasteiger partial charge < -0.3 is 9.32 Å². The van der Waals surface area contributed by atoms with Crippen molar-refractivity contribution in [3.8, 4) is 0 Å². The fourth-order valence-electron chi connectivity index (χ4n) is 2.99. The summed E-state index contributed by atoms with van der Waals surface area (Å²) in [7, 11) is 0. The molecule has 0 spiro atoms. The zero-order valence-corrected chi connectivity index (χ0v) is 12.6.